The highest BCUT2D eigenvalue weighted by molar-refractivity contribution is 5.04. The lowest BCUT2D eigenvalue weighted by molar-refractivity contribution is -0.307. The highest BCUT2D eigenvalue weighted by atomic mass is 16.8. The maximum atomic E-state index is 10.4. The van der Waals surface area contributed by atoms with E-state index >= 15 is 0 Å². The minimum absolute atomic E-state index is 0.0526. The molecule has 1 spiro atoms. The third kappa shape index (κ3) is 2.41. The quantitative estimate of drug-likeness (QED) is 0.761. The zero-order valence-corrected chi connectivity index (χ0v) is 12.5. The van der Waals surface area contributed by atoms with E-state index in [0.29, 0.717) is 12.8 Å². The summed E-state index contributed by atoms with van der Waals surface area (Å²) in [4.78, 5) is 0. The maximum absolute atomic E-state index is 10.4. The van der Waals surface area contributed by atoms with Crippen LogP contribution in [0.5, 0.6) is 0 Å². The zero-order chi connectivity index (χ0) is 14.2. The van der Waals surface area contributed by atoms with Crippen molar-refractivity contribution in [1.29, 1.82) is 0 Å². The van der Waals surface area contributed by atoms with Gasteiger partial charge in [0.05, 0.1) is 18.3 Å². The molecule has 0 radical (unpaired) electrons. The molecule has 0 amide bonds. The number of ether oxygens (including phenoxy) is 2. The molecule has 6 atom stereocenters. The lowest BCUT2D eigenvalue weighted by Crippen LogP contribution is -2.59. The number of aliphatic hydroxyl groups excluding tert-OH is 2. The fourth-order valence-corrected chi connectivity index (χ4v) is 4.23. The van der Waals surface area contributed by atoms with E-state index in [4.69, 9.17) is 9.47 Å². The second kappa shape index (κ2) is 5.91. The molecule has 4 nitrogen and oxygen atoms in total. The van der Waals surface area contributed by atoms with Crippen molar-refractivity contribution >= 4 is 0 Å². The van der Waals surface area contributed by atoms with Crippen LogP contribution in [-0.2, 0) is 9.47 Å². The Labute approximate surface area is 121 Å². The number of aliphatic hydroxyl groups is 2. The van der Waals surface area contributed by atoms with Crippen molar-refractivity contribution in [2.24, 2.45) is 5.92 Å². The van der Waals surface area contributed by atoms with Gasteiger partial charge in [0.1, 0.15) is 6.10 Å². The lowest BCUT2D eigenvalue weighted by Gasteiger charge is -2.47. The van der Waals surface area contributed by atoms with Crippen LogP contribution >= 0.6 is 0 Å². The van der Waals surface area contributed by atoms with Crippen molar-refractivity contribution in [3.8, 4) is 0 Å². The molecule has 0 aromatic carbocycles. The van der Waals surface area contributed by atoms with Gasteiger partial charge >= 0.3 is 0 Å². The summed E-state index contributed by atoms with van der Waals surface area (Å²) in [5.41, 5.74) is 0. The molecule has 0 aromatic rings. The predicted octanol–water partition coefficient (Wildman–Crippen LogP) is 2.36. The molecule has 3 fully saturated rings. The summed E-state index contributed by atoms with van der Waals surface area (Å²) in [5.74, 6) is -0.959. The summed E-state index contributed by atoms with van der Waals surface area (Å²) in [5, 5.41) is 20.6. The number of unbranched alkanes of at least 4 members (excludes halogenated alkanes) is 3. The van der Waals surface area contributed by atoms with E-state index in [1.165, 1.54) is 19.3 Å². The average molecular weight is 284 g/mol. The molecule has 4 heteroatoms. The Morgan fingerprint density at radius 3 is 2.65 bits per heavy atom. The first-order valence-electron chi connectivity index (χ1n) is 8.39. The van der Waals surface area contributed by atoms with Crippen LogP contribution in [0.2, 0.25) is 0 Å². The first-order chi connectivity index (χ1) is 9.67. The van der Waals surface area contributed by atoms with Crippen molar-refractivity contribution in [2.45, 2.75) is 94.9 Å². The minimum atomic E-state index is -0.907. The van der Waals surface area contributed by atoms with E-state index in [0.717, 1.165) is 25.7 Å². The third-order valence-corrected chi connectivity index (χ3v) is 5.37. The van der Waals surface area contributed by atoms with Crippen LogP contribution in [0.1, 0.15) is 64.7 Å². The molecule has 3 aliphatic rings. The molecular weight excluding hydrogens is 256 g/mol. The first kappa shape index (κ1) is 14.8. The standard InChI is InChI=1S/C16H28O4/c1-2-3-4-5-6-13-14-9-7-11-12(17)8-10-15(18)16(11,19-13)20-14/h11-15,17-18H,2-10H2,1H3/t11-,12+,13+,14-,15-,16+/m1/s1. The molecular formula is C16H28O4. The van der Waals surface area contributed by atoms with Crippen molar-refractivity contribution in [3.63, 3.8) is 0 Å². The van der Waals surface area contributed by atoms with Crippen LogP contribution in [0, 0.1) is 5.92 Å². The molecule has 2 saturated heterocycles. The van der Waals surface area contributed by atoms with Crippen molar-refractivity contribution < 1.29 is 19.7 Å². The second-order valence-electron chi connectivity index (χ2n) is 6.73. The summed E-state index contributed by atoms with van der Waals surface area (Å²) in [6.45, 7) is 2.21. The molecule has 1 saturated carbocycles. The van der Waals surface area contributed by atoms with Crippen LogP contribution < -0.4 is 0 Å². The lowest BCUT2D eigenvalue weighted by atomic mass is 9.75. The average Bonchev–Trinajstić information content (AvgIpc) is 2.73. The maximum Gasteiger partial charge on any atom is 0.200 e. The monoisotopic (exact) mass is 284 g/mol. The summed E-state index contributed by atoms with van der Waals surface area (Å²) in [7, 11) is 0. The molecule has 2 heterocycles. The molecule has 1 aliphatic carbocycles. The van der Waals surface area contributed by atoms with Crippen LogP contribution in [0.3, 0.4) is 0 Å². The summed E-state index contributed by atoms with van der Waals surface area (Å²) >= 11 is 0. The summed E-state index contributed by atoms with van der Waals surface area (Å²) < 4.78 is 12.3. The molecule has 20 heavy (non-hydrogen) atoms. The van der Waals surface area contributed by atoms with Gasteiger partial charge in [-0.25, -0.2) is 0 Å². The zero-order valence-electron chi connectivity index (χ0n) is 12.5. The Bertz CT molecular complexity index is 334. The molecule has 0 aromatic heterocycles. The Balaban J connectivity index is 1.65. The Morgan fingerprint density at radius 1 is 1.00 bits per heavy atom. The van der Waals surface area contributed by atoms with Gasteiger partial charge in [-0.2, -0.15) is 0 Å². The van der Waals surface area contributed by atoms with E-state index in [1.54, 1.807) is 0 Å². The van der Waals surface area contributed by atoms with Crippen LogP contribution in [-0.4, -0.2) is 40.4 Å². The van der Waals surface area contributed by atoms with E-state index < -0.39 is 18.0 Å². The van der Waals surface area contributed by atoms with Gasteiger partial charge in [0, 0.05) is 5.92 Å². The highest BCUT2D eigenvalue weighted by Crippen LogP contribution is 2.51. The van der Waals surface area contributed by atoms with Gasteiger partial charge < -0.3 is 19.7 Å². The smallest absolute Gasteiger partial charge is 0.200 e. The fourth-order valence-electron chi connectivity index (χ4n) is 4.23. The van der Waals surface area contributed by atoms with Gasteiger partial charge in [0.15, 0.2) is 0 Å². The van der Waals surface area contributed by atoms with Crippen LogP contribution in [0.4, 0.5) is 0 Å². The molecule has 2 bridgehead atoms. The fraction of sp³-hybridized carbons (Fsp3) is 1.00. The minimum Gasteiger partial charge on any atom is -0.393 e. The molecule has 0 unspecified atom stereocenters. The Kier molecular flexibility index (Phi) is 4.37. The molecule has 116 valence electrons. The molecule has 2 N–H and O–H groups in total. The topological polar surface area (TPSA) is 58.9 Å². The number of rotatable bonds is 5. The van der Waals surface area contributed by atoms with Gasteiger partial charge in [-0.05, 0) is 32.1 Å². The largest absolute Gasteiger partial charge is 0.393 e. The van der Waals surface area contributed by atoms with E-state index in [9.17, 15) is 10.2 Å². The first-order valence-corrected chi connectivity index (χ1v) is 8.39. The predicted molar refractivity (Wildman–Crippen MR) is 75.2 cm³/mol. The van der Waals surface area contributed by atoms with Crippen molar-refractivity contribution in [3.05, 3.63) is 0 Å². The number of fused-ring (bicyclic) bond motifs is 1. The number of hydrogen-bond donors (Lipinski definition) is 2. The second-order valence-corrected chi connectivity index (χ2v) is 6.73. The van der Waals surface area contributed by atoms with Gasteiger partial charge in [-0.3, -0.25) is 0 Å². The van der Waals surface area contributed by atoms with Gasteiger partial charge in [-0.15, -0.1) is 0 Å². The van der Waals surface area contributed by atoms with Crippen LogP contribution in [0.25, 0.3) is 0 Å². The number of hydrogen-bond acceptors (Lipinski definition) is 4. The molecule has 2 aliphatic heterocycles. The van der Waals surface area contributed by atoms with Crippen molar-refractivity contribution in [1.82, 2.24) is 0 Å². The Morgan fingerprint density at radius 2 is 1.85 bits per heavy atom. The van der Waals surface area contributed by atoms with E-state index in [-0.39, 0.29) is 18.1 Å². The SMILES string of the molecule is CCCCCC[C@@H]1O[C@]23O[C@@H]1CC[C@@H]2[C@@H](O)CC[C@H]3O. The van der Waals surface area contributed by atoms with E-state index in [2.05, 4.69) is 6.92 Å². The normalized spacial score (nSPS) is 47.2. The third-order valence-electron chi connectivity index (χ3n) is 5.37. The van der Waals surface area contributed by atoms with E-state index in [1.807, 2.05) is 0 Å². The van der Waals surface area contributed by atoms with Crippen LogP contribution in [0.15, 0.2) is 0 Å². The van der Waals surface area contributed by atoms with Gasteiger partial charge in [0.25, 0.3) is 0 Å². The summed E-state index contributed by atoms with van der Waals surface area (Å²) in [6.07, 6.45) is 8.28. The van der Waals surface area contributed by atoms with Gasteiger partial charge in [-0.1, -0.05) is 32.6 Å². The highest BCUT2D eigenvalue weighted by Gasteiger charge is 2.62. The van der Waals surface area contributed by atoms with Gasteiger partial charge in [0.2, 0.25) is 5.79 Å². The Hall–Kier alpha value is -0.160. The van der Waals surface area contributed by atoms with Crippen molar-refractivity contribution in [2.75, 3.05) is 0 Å². The molecule has 3 rings (SSSR count). The summed E-state index contributed by atoms with van der Waals surface area (Å²) in [6, 6.07) is 0.